The van der Waals surface area contributed by atoms with Gasteiger partial charge in [0.2, 0.25) is 0 Å². The SMILES string of the molecule is N#Cc1nn(C2CCCCCC2)c2c1COC2. The molecule has 1 saturated carbocycles. The van der Waals surface area contributed by atoms with Gasteiger partial charge in [0, 0.05) is 5.56 Å². The third kappa shape index (κ3) is 1.85. The standard InChI is InChI=1S/C13H17N3O/c14-7-12-11-8-17-9-13(11)16(15-12)10-5-3-1-2-4-6-10/h10H,1-6,8-9H2. The predicted octanol–water partition coefficient (Wildman–Crippen LogP) is 2.68. The molecule has 4 heteroatoms. The molecule has 1 aliphatic carbocycles. The van der Waals surface area contributed by atoms with Crippen LogP contribution in [-0.4, -0.2) is 9.78 Å². The predicted molar refractivity (Wildman–Crippen MR) is 62.2 cm³/mol. The molecule has 17 heavy (non-hydrogen) atoms. The van der Waals surface area contributed by atoms with E-state index in [-0.39, 0.29) is 0 Å². The minimum atomic E-state index is 0.482. The first-order valence-electron chi connectivity index (χ1n) is 6.48. The molecule has 0 spiro atoms. The van der Waals surface area contributed by atoms with Gasteiger partial charge in [0.25, 0.3) is 0 Å². The van der Waals surface area contributed by atoms with Crippen molar-refractivity contribution in [3.05, 3.63) is 17.0 Å². The molecular weight excluding hydrogens is 214 g/mol. The number of nitrogens with zero attached hydrogens (tertiary/aromatic N) is 3. The van der Waals surface area contributed by atoms with E-state index in [0.29, 0.717) is 24.9 Å². The first-order chi connectivity index (χ1) is 8.40. The van der Waals surface area contributed by atoms with Gasteiger partial charge in [-0.2, -0.15) is 10.4 Å². The summed E-state index contributed by atoms with van der Waals surface area (Å²) in [6, 6.07) is 2.67. The molecule has 1 aromatic rings. The molecule has 0 amide bonds. The van der Waals surface area contributed by atoms with E-state index >= 15 is 0 Å². The van der Waals surface area contributed by atoms with Gasteiger partial charge in [0.15, 0.2) is 5.69 Å². The maximum absolute atomic E-state index is 9.09. The van der Waals surface area contributed by atoms with Gasteiger partial charge in [0.1, 0.15) is 6.07 Å². The van der Waals surface area contributed by atoms with Crippen LogP contribution < -0.4 is 0 Å². The van der Waals surface area contributed by atoms with Crippen molar-refractivity contribution >= 4 is 0 Å². The molecule has 2 aliphatic rings. The van der Waals surface area contributed by atoms with Crippen molar-refractivity contribution in [2.45, 2.75) is 57.8 Å². The van der Waals surface area contributed by atoms with Gasteiger partial charge in [-0.15, -0.1) is 0 Å². The highest BCUT2D eigenvalue weighted by atomic mass is 16.5. The number of aromatic nitrogens is 2. The first kappa shape index (κ1) is 10.8. The van der Waals surface area contributed by atoms with Gasteiger partial charge < -0.3 is 4.74 Å². The van der Waals surface area contributed by atoms with Crippen molar-refractivity contribution in [1.82, 2.24) is 9.78 Å². The number of hydrogen-bond acceptors (Lipinski definition) is 3. The lowest BCUT2D eigenvalue weighted by Crippen LogP contribution is -2.13. The zero-order valence-corrected chi connectivity index (χ0v) is 9.98. The van der Waals surface area contributed by atoms with Gasteiger partial charge in [0.05, 0.1) is 24.9 Å². The summed E-state index contributed by atoms with van der Waals surface area (Å²) in [5.41, 5.74) is 2.74. The molecule has 0 aromatic carbocycles. The Morgan fingerprint density at radius 3 is 2.65 bits per heavy atom. The molecule has 1 aliphatic heterocycles. The molecule has 0 unspecified atom stereocenters. The van der Waals surface area contributed by atoms with Crippen LogP contribution in [0.3, 0.4) is 0 Å². The lowest BCUT2D eigenvalue weighted by molar-refractivity contribution is 0.127. The average molecular weight is 231 g/mol. The largest absolute Gasteiger partial charge is 0.370 e. The van der Waals surface area contributed by atoms with Crippen LogP contribution in [0.1, 0.15) is 61.5 Å². The Bertz CT molecular complexity index is 450. The van der Waals surface area contributed by atoms with Crippen molar-refractivity contribution < 1.29 is 4.74 Å². The minimum Gasteiger partial charge on any atom is -0.370 e. The summed E-state index contributed by atoms with van der Waals surface area (Å²) in [7, 11) is 0. The van der Waals surface area contributed by atoms with Crippen LogP contribution in [0.15, 0.2) is 0 Å². The van der Waals surface area contributed by atoms with Crippen LogP contribution in [0.4, 0.5) is 0 Å². The van der Waals surface area contributed by atoms with Gasteiger partial charge in [-0.25, -0.2) is 0 Å². The van der Waals surface area contributed by atoms with E-state index in [9.17, 15) is 0 Å². The summed E-state index contributed by atoms with van der Waals surface area (Å²) in [6.45, 7) is 1.19. The lowest BCUT2D eigenvalue weighted by atomic mass is 10.1. The third-order valence-electron chi connectivity index (χ3n) is 3.88. The first-order valence-corrected chi connectivity index (χ1v) is 6.48. The Balaban J connectivity index is 1.94. The molecule has 0 bridgehead atoms. The second kappa shape index (κ2) is 4.50. The van der Waals surface area contributed by atoms with Gasteiger partial charge in [-0.3, -0.25) is 4.68 Å². The molecule has 1 aromatic heterocycles. The summed E-state index contributed by atoms with van der Waals surface area (Å²) in [5.74, 6) is 0. The molecule has 90 valence electrons. The van der Waals surface area contributed by atoms with E-state index < -0.39 is 0 Å². The fraction of sp³-hybridized carbons (Fsp3) is 0.692. The molecule has 0 atom stereocenters. The Morgan fingerprint density at radius 2 is 1.94 bits per heavy atom. The van der Waals surface area contributed by atoms with Crippen molar-refractivity contribution in [3.63, 3.8) is 0 Å². The van der Waals surface area contributed by atoms with E-state index in [0.717, 1.165) is 11.3 Å². The number of nitriles is 1. The van der Waals surface area contributed by atoms with Crippen LogP contribution in [0, 0.1) is 11.3 Å². The lowest BCUT2D eigenvalue weighted by Gasteiger charge is -2.16. The monoisotopic (exact) mass is 231 g/mol. The summed E-state index contributed by atoms with van der Waals surface area (Å²) in [5, 5.41) is 13.6. The molecule has 1 fully saturated rings. The van der Waals surface area contributed by atoms with Crippen LogP contribution in [0.5, 0.6) is 0 Å². The molecule has 0 radical (unpaired) electrons. The van der Waals surface area contributed by atoms with Crippen molar-refractivity contribution in [1.29, 1.82) is 5.26 Å². The fourth-order valence-corrected chi connectivity index (χ4v) is 2.95. The maximum Gasteiger partial charge on any atom is 0.168 e. The fourth-order valence-electron chi connectivity index (χ4n) is 2.95. The number of rotatable bonds is 1. The zero-order chi connectivity index (χ0) is 11.7. The van der Waals surface area contributed by atoms with Crippen LogP contribution in [-0.2, 0) is 18.0 Å². The number of hydrogen-bond donors (Lipinski definition) is 0. The Labute approximate surface area is 101 Å². The van der Waals surface area contributed by atoms with Crippen molar-refractivity contribution in [2.75, 3.05) is 0 Å². The van der Waals surface area contributed by atoms with Crippen LogP contribution in [0.25, 0.3) is 0 Å². The van der Waals surface area contributed by atoms with Crippen LogP contribution in [0.2, 0.25) is 0 Å². The highest BCUT2D eigenvalue weighted by Gasteiger charge is 2.27. The Morgan fingerprint density at radius 1 is 1.18 bits per heavy atom. The van der Waals surface area contributed by atoms with Crippen molar-refractivity contribution in [2.24, 2.45) is 0 Å². The average Bonchev–Trinajstić information content (AvgIpc) is 2.83. The quantitative estimate of drug-likeness (QED) is 0.698. The summed E-state index contributed by atoms with van der Waals surface area (Å²) in [6.07, 6.45) is 7.62. The van der Waals surface area contributed by atoms with Gasteiger partial charge in [-0.05, 0) is 12.8 Å². The summed E-state index contributed by atoms with van der Waals surface area (Å²) in [4.78, 5) is 0. The zero-order valence-electron chi connectivity index (χ0n) is 9.98. The molecule has 4 nitrogen and oxygen atoms in total. The smallest absolute Gasteiger partial charge is 0.168 e. The topological polar surface area (TPSA) is 50.8 Å². The Hall–Kier alpha value is -1.34. The van der Waals surface area contributed by atoms with Gasteiger partial charge in [-0.1, -0.05) is 25.7 Å². The van der Waals surface area contributed by atoms with Gasteiger partial charge >= 0.3 is 0 Å². The normalized spacial score (nSPS) is 20.9. The second-order valence-corrected chi connectivity index (χ2v) is 4.97. The number of ether oxygens (including phenoxy) is 1. The van der Waals surface area contributed by atoms with E-state index in [1.807, 2.05) is 0 Å². The summed E-state index contributed by atoms with van der Waals surface area (Å²) < 4.78 is 7.54. The van der Waals surface area contributed by atoms with Crippen molar-refractivity contribution in [3.8, 4) is 6.07 Å². The summed E-state index contributed by atoms with van der Waals surface area (Å²) >= 11 is 0. The molecular formula is C13H17N3O. The van der Waals surface area contributed by atoms with E-state index in [1.54, 1.807) is 0 Å². The molecule has 0 saturated heterocycles. The van der Waals surface area contributed by atoms with E-state index in [1.165, 1.54) is 38.5 Å². The highest BCUT2D eigenvalue weighted by Crippen LogP contribution is 2.32. The highest BCUT2D eigenvalue weighted by molar-refractivity contribution is 5.36. The molecule has 2 heterocycles. The Kier molecular flexibility index (Phi) is 2.86. The van der Waals surface area contributed by atoms with Crippen LogP contribution >= 0.6 is 0 Å². The molecule has 0 N–H and O–H groups in total. The third-order valence-corrected chi connectivity index (χ3v) is 3.88. The number of fused-ring (bicyclic) bond motifs is 1. The molecule has 3 rings (SSSR count). The second-order valence-electron chi connectivity index (χ2n) is 4.97. The van der Waals surface area contributed by atoms with E-state index in [2.05, 4.69) is 15.8 Å². The minimum absolute atomic E-state index is 0.482. The maximum atomic E-state index is 9.09. The van der Waals surface area contributed by atoms with E-state index in [4.69, 9.17) is 10.00 Å².